The lowest BCUT2D eigenvalue weighted by Crippen LogP contribution is -2.29. The molecular formula is C11H16O5. The maximum absolute atomic E-state index is 11.2. The summed E-state index contributed by atoms with van der Waals surface area (Å²) in [5.74, 6) is -0.195. The minimum absolute atomic E-state index is 0.0699. The van der Waals surface area contributed by atoms with E-state index in [1.807, 2.05) is 0 Å². The lowest BCUT2D eigenvalue weighted by Gasteiger charge is -2.23. The molecule has 1 aromatic heterocycles. The summed E-state index contributed by atoms with van der Waals surface area (Å²) in [6.07, 6.45) is 0.426. The van der Waals surface area contributed by atoms with Gasteiger partial charge in [-0.15, -0.1) is 0 Å². The van der Waals surface area contributed by atoms with Crippen molar-refractivity contribution in [1.29, 1.82) is 0 Å². The SMILES string of the molecule is CCC(O)(COC)c1ccc(C(=O)OC)o1. The summed E-state index contributed by atoms with van der Waals surface area (Å²) >= 11 is 0. The van der Waals surface area contributed by atoms with Crippen molar-refractivity contribution >= 4 is 5.97 Å². The van der Waals surface area contributed by atoms with Crippen molar-refractivity contribution in [3.05, 3.63) is 23.7 Å². The number of esters is 1. The predicted octanol–water partition coefficient (Wildman–Crippen LogP) is 1.31. The van der Waals surface area contributed by atoms with Gasteiger partial charge in [0.2, 0.25) is 5.76 Å². The molecule has 0 aliphatic carbocycles. The van der Waals surface area contributed by atoms with Crippen LogP contribution >= 0.6 is 0 Å². The lowest BCUT2D eigenvalue weighted by atomic mass is 9.99. The fourth-order valence-corrected chi connectivity index (χ4v) is 1.38. The maximum Gasteiger partial charge on any atom is 0.373 e. The van der Waals surface area contributed by atoms with Gasteiger partial charge in [0.1, 0.15) is 11.4 Å². The van der Waals surface area contributed by atoms with E-state index in [1.165, 1.54) is 20.3 Å². The summed E-state index contributed by atoms with van der Waals surface area (Å²) in [5.41, 5.74) is -1.21. The molecule has 0 aliphatic rings. The molecular weight excluding hydrogens is 212 g/mol. The van der Waals surface area contributed by atoms with Gasteiger partial charge >= 0.3 is 5.97 Å². The zero-order valence-electron chi connectivity index (χ0n) is 9.65. The Bertz CT molecular complexity index is 357. The first-order chi connectivity index (χ1) is 7.57. The largest absolute Gasteiger partial charge is 0.463 e. The highest BCUT2D eigenvalue weighted by Gasteiger charge is 2.31. The third-order valence-corrected chi connectivity index (χ3v) is 2.42. The second-order valence-electron chi connectivity index (χ2n) is 3.47. The number of methoxy groups -OCH3 is 2. The molecule has 1 heterocycles. The second kappa shape index (κ2) is 5.14. The monoisotopic (exact) mass is 228 g/mol. The highest BCUT2D eigenvalue weighted by Crippen LogP contribution is 2.27. The molecule has 0 saturated carbocycles. The Hall–Kier alpha value is -1.33. The molecule has 1 unspecified atom stereocenters. The maximum atomic E-state index is 11.2. The Morgan fingerprint density at radius 2 is 2.19 bits per heavy atom. The molecule has 0 fully saturated rings. The second-order valence-corrected chi connectivity index (χ2v) is 3.47. The van der Waals surface area contributed by atoms with Gasteiger partial charge in [0, 0.05) is 7.11 Å². The van der Waals surface area contributed by atoms with Crippen molar-refractivity contribution in [3.63, 3.8) is 0 Å². The number of hydrogen-bond acceptors (Lipinski definition) is 5. The average Bonchev–Trinajstić information content (AvgIpc) is 2.78. The van der Waals surface area contributed by atoms with Crippen LogP contribution in [-0.2, 0) is 15.1 Å². The highest BCUT2D eigenvalue weighted by molar-refractivity contribution is 5.86. The molecule has 0 bridgehead atoms. The van der Waals surface area contributed by atoms with Gasteiger partial charge < -0.3 is 19.0 Å². The van der Waals surface area contributed by atoms with Crippen LogP contribution in [0.2, 0.25) is 0 Å². The Morgan fingerprint density at radius 1 is 1.50 bits per heavy atom. The Morgan fingerprint density at radius 3 is 2.69 bits per heavy atom. The number of carbonyl (C=O) groups is 1. The molecule has 0 aliphatic heterocycles. The van der Waals surface area contributed by atoms with Crippen molar-refractivity contribution < 1.29 is 23.8 Å². The molecule has 16 heavy (non-hydrogen) atoms. The van der Waals surface area contributed by atoms with Crippen LogP contribution in [0.5, 0.6) is 0 Å². The number of hydrogen-bond donors (Lipinski definition) is 1. The van der Waals surface area contributed by atoms with Crippen LogP contribution < -0.4 is 0 Å². The standard InChI is InChI=1S/C11H16O5/c1-4-11(13,7-14-2)9-6-5-8(16-9)10(12)15-3/h5-6,13H,4,7H2,1-3H3. The fraction of sp³-hybridized carbons (Fsp3) is 0.545. The first-order valence-corrected chi connectivity index (χ1v) is 4.97. The lowest BCUT2D eigenvalue weighted by molar-refractivity contribution is -0.0540. The molecule has 0 saturated heterocycles. The molecule has 1 atom stereocenters. The molecule has 1 N–H and O–H groups in total. The van der Waals surface area contributed by atoms with Crippen molar-refractivity contribution in [3.8, 4) is 0 Å². The smallest absolute Gasteiger partial charge is 0.373 e. The number of aliphatic hydroxyl groups is 1. The summed E-state index contributed by atoms with van der Waals surface area (Å²) in [6.45, 7) is 1.91. The van der Waals surface area contributed by atoms with Gasteiger partial charge in [-0.1, -0.05) is 6.92 Å². The van der Waals surface area contributed by atoms with Gasteiger partial charge in [-0.25, -0.2) is 4.79 Å². The Balaban J connectivity index is 2.95. The minimum Gasteiger partial charge on any atom is -0.463 e. The van der Waals surface area contributed by atoms with E-state index in [4.69, 9.17) is 9.15 Å². The van der Waals surface area contributed by atoms with Crippen LogP contribution in [0.4, 0.5) is 0 Å². The van der Waals surface area contributed by atoms with Crippen LogP contribution in [-0.4, -0.2) is 31.9 Å². The van der Waals surface area contributed by atoms with Crippen molar-refractivity contribution in [2.45, 2.75) is 18.9 Å². The van der Waals surface area contributed by atoms with Gasteiger partial charge in [0.25, 0.3) is 0 Å². The van der Waals surface area contributed by atoms with Crippen molar-refractivity contribution in [2.75, 3.05) is 20.8 Å². The first kappa shape index (κ1) is 12.7. The van der Waals surface area contributed by atoms with Crippen LogP contribution in [0.3, 0.4) is 0 Å². The summed E-state index contributed by atoms with van der Waals surface area (Å²) < 4.78 is 14.7. The van der Waals surface area contributed by atoms with E-state index >= 15 is 0 Å². The van der Waals surface area contributed by atoms with E-state index in [2.05, 4.69) is 4.74 Å². The Kier molecular flexibility index (Phi) is 4.09. The number of rotatable bonds is 5. The zero-order valence-corrected chi connectivity index (χ0v) is 9.65. The van der Waals surface area contributed by atoms with Gasteiger partial charge in [-0.05, 0) is 18.6 Å². The van der Waals surface area contributed by atoms with E-state index in [1.54, 1.807) is 13.0 Å². The molecule has 0 radical (unpaired) electrons. The number of ether oxygens (including phenoxy) is 2. The molecule has 1 rings (SSSR count). The van der Waals surface area contributed by atoms with Gasteiger partial charge in [0.15, 0.2) is 0 Å². The fourth-order valence-electron chi connectivity index (χ4n) is 1.38. The topological polar surface area (TPSA) is 68.9 Å². The van der Waals surface area contributed by atoms with Gasteiger partial charge in [-0.3, -0.25) is 0 Å². The molecule has 90 valence electrons. The highest BCUT2D eigenvalue weighted by atomic mass is 16.5. The van der Waals surface area contributed by atoms with E-state index in [0.29, 0.717) is 12.2 Å². The van der Waals surface area contributed by atoms with Crippen LogP contribution in [0, 0.1) is 0 Å². The van der Waals surface area contributed by atoms with E-state index < -0.39 is 11.6 Å². The third kappa shape index (κ3) is 2.43. The third-order valence-electron chi connectivity index (χ3n) is 2.42. The molecule has 5 heteroatoms. The molecule has 0 spiro atoms. The normalized spacial score (nSPS) is 14.5. The van der Waals surface area contributed by atoms with Crippen molar-refractivity contribution in [2.24, 2.45) is 0 Å². The zero-order chi connectivity index (χ0) is 12.2. The predicted molar refractivity (Wildman–Crippen MR) is 56.1 cm³/mol. The quantitative estimate of drug-likeness (QED) is 0.769. The van der Waals surface area contributed by atoms with Crippen molar-refractivity contribution in [1.82, 2.24) is 0 Å². The van der Waals surface area contributed by atoms with E-state index in [9.17, 15) is 9.90 Å². The molecule has 5 nitrogen and oxygen atoms in total. The molecule has 0 amide bonds. The first-order valence-electron chi connectivity index (χ1n) is 4.97. The summed E-state index contributed by atoms with van der Waals surface area (Å²) in [7, 11) is 2.76. The van der Waals surface area contributed by atoms with E-state index in [-0.39, 0.29) is 12.4 Å². The van der Waals surface area contributed by atoms with Crippen LogP contribution in [0.1, 0.15) is 29.7 Å². The van der Waals surface area contributed by atoms with Gasteiger partial charge in [-0.2, -0.15) is 0 Å². The summed E-state index contributed by atoms with van der Waals surface area (Å²) in [5, 5.41) is 10.2. The molecule has 1 aromatic rings. The van der Waals surface area contributed by atoms with Crippen LogP contribution in [0.15, 0.2) is 16.5 Å². The number of furan rings is 1. The average molecular weight is 228 g/mol. The number of carbonyl (C=O) groups excluding carboxylic acids is 1. The summed E-state index contributed by atoms with van der Waals surface area (Å²) in [6, 6.07) is 3.02. The molecule has 0 aromatic carbocycles. The van der Waals surface area contributed by atoms with Gasteiger partial charge in [0.05, 0.1) is 13.7 Å². The summed E-state index contributed by atoms with van der Waals surface area (Å²) in [4.78, 5) is 11.2. The van der Waals surface area contributed by atoms with E-state index in [0.717, 1.165) is 0 Å². The minimum atomic E-state index is -1.21. The van der Waals surface area contributed by atoms with Crippen LogP contribution in [0.25, 0.3) is 0 Å². The Labute approximate surface area is 94.0 Å².